The van der Waals surface area contributed by atoms with Crippen molar-refractivity contribution in [2.24, 2.45) is 0 Å². The van der Waals surface area contributed by atoms with Gasteiger partial charge in [-0.05, 0) is 79.3 Å². The molecule has 2 amide bonds. The number of hydrogen-bond donors (Lipinski definition) is 2. The number of carbonyl (C=O) groups is 3. The summed E-state index contributed by atoms with van der Waals surface area (Å²) in [6.07, 6.45) is 6.19. The maximum Gasteiger partial charge on any atom is 0.341 e. The molecule has 1 heterocycles. The van der Waals surface area contributed by atoms with Gasteiger partial charge in [-0.1, -0.05) is 49.2 Å². The van der Waals surface area contributed by atoms with E-state index in [-0.39, 0.29) is 11.8 Å². The summed E-state index contributed by atoms with van der Waals surface area (Å²) < 4.78 is 5.09. The monoisotopic (exact) mass is 572 g/mol. The first-order valence-electron chi connectivity index (χ1n) is 13.5. The van der Waals surface area contributed by atoms with E-state index in [0.717, 1.165) is 53.3 Å². The Hall–Kier alpha value is -3.62. The van der Waals surface area contributed by atoms with Crippen LogP contribution in [0.15, 0.2) is 71.6 Å². The summed E-state index contributed by atoms with van der Waals surface area (Å²) in [4.78, 5) is 40.9. The number of aryl methyl sites for hydroxylation is 1. The van der Waals surface area contributed by atoms with Gasteiger partial charge in [-0.15, -0.1) is 23.1 Å². The molecule has 0 aliphatic heterocycles. The lowest BCUT2D eigenvalue weighted by Crippen LogP contribution is -2.23. The Morgan fingerprint density at radius 3 is 2.45 bits per heavy atom. The maximum absolute atomic E-state index is 13.2. The highest BCUT2D eigenvalue weighted by Crippen LogP contribution is 2.38. The Balaban J connectivity index is 1.27. The van der Waals surface area contributed by atoms with E-state index < -0.39 is 11.2 Å². The molecule has 0 bridgehead atoms. The molecular weight excluding hydrogens is 540 g/mol. The van der Waals surface area contributed by atoms with Crippen LogP contribution in [0.4, 0.5) is 10.7 Å². The lowest BCUT2D eigenvalue weighted by Gasteiger charge is -2.14. The molecule has 0 saturated carbocycles. The predicted molar refractivity (Wildman–Crippen MR) is 164 cm³/mol. The average Bonchev–Trinajstić information content (AvgIpc) is 3.27. The molecule has 1 aliphatic carbocycles. The number of nitrogens with one attached hydrogen (secondary N) is 2. The van der Waals surface area contributed by atoms with Crippen molar-refractivity contribution in [3.63, 3.8) is 0 Å². The summed E-state index contributed by atoms with van der Waals surface area (Å²) in [6.45, 7) is 1.84. The molecule has 1 aliphatic rings. The molecule has 2 N–H and O–H groups in total. The van der Waals surface area contributed by atoms with E-state index in [9.17, 15) is 14.4 Å². The maximum atomic E-state index is 13.2. The van der Waals surface area contributed by atoms with Gasteiger partial charge in [0.25, 0.3) is 5.91 Å². The van der Waals surface area contributed by atoms with Gasteiger partial charge in [0.05, 0.1) is 17.9 Å². The highest BCUT2D eigenvalue weighted by atomic mass is 32.2. The molecule has 0 spiro atoms. The molecule has 206 valence electrons. The molecule has 1 aromatic heterocycles. The van der Waals surface area contributed by atoms with Gasteiger partial charge in [-0.3, -0.25) is 9.59 Å². The van der Waals surface area contributed by atoms with E-state index in [2.05, 4.69) is 10.6 Å². The van der Waals surface area contributed by atoms with Crippen LogP contribution in [0.1, 0.15) is 63.8 Å². The summed E-state index contributed by atoms with van der Waals surface area (Å²) in [5.41, 5.74) is 2.77. The van der Waals surface area contributed by atoms with Crippen molar-refractivity contribution in [3.05, 3.63) is 88.3 Å². The number of benzene rings is 3. The molecule has 0 radical (unpaired) electrons. The second-order valence-electron chi connectivity index (χ2n) is 9.91. The molecule has 40 heavy (non-hydrogen) atoms. The second-order valence-corrected chi connectivity index (χ2v) is 12.4. The first kappa shape index (κ1) is 27.9. The van der Waals surface area contributed by atoms with Crippen molar-refractivity contribution in [1.29, 1.82) is 0 Å². The first-order chi connectivity index (χ1) is 19.4. The number of thiophene rings is 1. The summed E-state index contributed by atoms with van der Waals surface area (Å²) >= 11 is 2.89. The number of fused-ring (bicyclic) bond motifs is 2. The van der Waals surface area contributed by atoms with Gasteiger partial charge in [-0.2, -0.15) is 0 Å². The van der Waals surface area contributed by atoms with Crippen LogP contribution in [0, 0.1) is 0 Å². The Labute approximate surface area is 242 Å². The van der Waals surface area contributed by atoms with Crippen molar-refractivity contribution in [1.82, 2.24) is 0 Å². The van der Waals surface area contributed by atoms with E-state index >= 15 is 0 Å². The summed E-state index contributed by atoms with van der Waals surface area (Å²) in [7, 11) is 1.38. The topological polar surface area (TPSA) is 84.5 Å². The Kier molecular flexibility index (Phi) is 8.87. The minimum absolute atomic E-state index is 0.185. The Morgan fingerprint density at radius 2 is 1.65 bits per heavy atom. The predicted octanol–water partition coefficient (Wildman–Crippen LogP) is 7.72. The summed E-state index contributed by atoms with van der Waals surface area (Å²) in [5, 5.41) is 8.22. The van der Waals surface area contributed by atoms with Gasteiger partial charge in [0.1, 0.15) is 5.00 Å². The highest BCUT2D eigenvalue weighted by molar-refractivity contribution is 8.00. The van der Waals surface area contributed by atoms with Crippen LogP contribution in [-0.4, -0.2) is 30.1 Å². The average molecular weight is 573 g/mol. The van der Waals surface area contributed by atoms with Gasteiger partial charge in [-0.25, -0.2) is 4.79 Å². The van der Waals surface area contributed by atoms with Crippen LogP contribution in [0.3, 0.4) is 0 Å². The van der Waals surface area contributed by atoms with Crippen molar-refractivity contribution < 1.29 is 19.1 Å². The number of ether oxygens (including phenoxy) is 1. The quantitative estimate of drug-likeness (QED) is 0.175. The fourth-order valence-corrected chi connectivity index (χ4v) is 7.18. The number of thioether (sulfide) groups is 1. The number of rotatable bonds is 7. The van der Waals surface area contributed by atoms with Crippen LogP contribution in [0.5, 0.6) is 0 Å². The third-order valence-electron chi connectivity index (χ3n) is 7.08. The fraction of sp³-hybridized carbons (Fsp3) is 0.281. The number of methoxy groups -OCH3 is 1. The Bertz CT molecular complexity index is 1560. The van der Waals surface area contributed by atoms with E-state index in [4.69, 9.17) is 4.74 Å². The van der Waals surface area contributed by atoms with Gasteiger partial charge < -0.3 is 15.4 Å². The normalized spacial score (nSPS) is 13.9. The Morgan fingerprint density at radius 1 is 0.875 bits per heavy atom. The molecule has 0 fully saturated rings. The van der Waals surface area contributed by atoms with Gasteiger partial charge in [0.15, 0.2) is 0 Å². The number of amides is 2. The van der Waals surface area contributed by atoms with Crippen LogP contribution in [0.25, 0.3) is 10.8 Å². The highest BCUT2D eigenvalue weighted by Gasteiger charge is 2.27. The van der Waals surface area contributed by atoms with Gasteiger partial charge >= 0.3 is 5.97 Å². The molecular formula is C32H32N2O4S2. The smallest absolute Gasteiger partial charge is 0.341 e. The minimum Gasteiger partial charge on any atom is -0.465 e. The van der Waals surface area contributed by atoms with Crippen molar-refractivity contribution in [2.75, 3.05) is 17.7 Å². The zero-order valence-corrected chi connectivity index (χ0v) is 24.3. The summed E-state index contributed by atoms with van der Waals surface area (Å²) in [5.74, 6) is -0.777. The lowest BCUT2D eigenvalue weighted by atomic mass is 9.96. The second kappa shape index (κ2) is 12.7. The molecule has 4 aromatic rings. The minimum atomic E-state index is -0.429. The zero-order chi connectivity index (χ0) is 28.1. The number of hydrogen-bond acceptors (Lipinski definition) is 6. The number of carbonyl (C=O) groups excluding carboxylic acids is 3. The van der Waals surface area contributed by atoms with Gasteiger partial charge in [0.2, 0.25) is 5.91 Å². The first-order valence-corrected chi connectivity index (χ1v) is 15.2. The van der Waals surface area contributed by atoms with E-state index in [1.807, 2.05) is 73.7 Å². The molecule has 0 saturated heterocycles. The molecule has 1 unspecified atom stereocenters. The number of esters is 1. The lowest BCUT2D eigenvalue weighted by molar-refractivity contribution is -0.115. The molecule has 8 heteroatoms. The van der Waals surface area contributed by atoms with Crippen LogP contribution < -0.4 is 10.6 Å². The summed E-state index contributed by atoms with van der Waals surface area (Å²) in [6, 6.07) is 21.0. The van der Waals surface area contributed by atoms with Crippen LogP contribution >= 0.6 is 23.1 Å². The van der Waals surface area contributed by atoms with Gasteiger partial charge in [0, 0.05) is 21.0 Å². The SMILES string of the molecule is COC(=O)c1c(NC(=O)C(C)Sc2cccc(NC(=O)c3ccc4ccccc4c3)c2)sc2c1CCCCCC2. The zero-order valence-electron chi connectivity index (χ0n) is 22.6. The molecule has 5 rings (SSSR count). The molecule has 6 nitrogen and oxygen atoms in total. The largest absolute Gasteiger partial charge is 0.465 e. The van der Waals surface area contributed by atoms with Crippen molar-refractivity contribution >= 4 is 62.3 Å². The third kappa shape index (κ3) is 6.40. The van der Waals surface area contributed by atoms with E-state index in [0.29, 0.717) is 21.8 Å². The standard InChI is InChI=1S/C32H32N2O4S2/c1-20(29(35)34-31-28(32(37)38-2)26-14-5-3-4-6-15-27(26)40-31)39-25-13-9-12-24(19-25)33-30(36)23-17-16-21-10-7-8-11-22(21)18-23/h7-13,16-20H,3-6,14-15H2,1-2H3,(H,33,36)(H,34,35). The molecule has 1 atom stereocenters. The van der Waals surface area contributed by atoms with Crippen molar-refractivity contribution in [3.8, 4) is 0 Å². The number of anilines is 2. The fourth-order valence-electron chi connectivity index (χ4n) is 4.98. The van der Waals surface area contributed by atoms with E-state index in [1.165, 1.54) is 41.5 Å². The molecule has 3 aromatic carbocycles. The van der Waals surface area contributed by atoms with Crippen LogP contribution in [-0.2, 0) is 22.4 Å². The van der Waals surface area contributed by atoms with E-state index in [1.54, 1.807) is 0 Å². The van der Waals surface area contributed by atoms with Crippen LogP contribution in [0.2, 0.25) is 0 Å². The third-order valence-corrected chi connectivity index (χ3v) is 9.38. The van der Waals surface area contributed by atoms with Crippen molar-refractivity contribution in [2.45, 2.75) is 55.6 Å².